The molecule has 0 amide bonds. The number of benzene rings is 3. The molecule has 0 unspecified atom stereocenters. The first-order chi connectivity index (χ1) is 15.0. The van der Waals surface area contributed by atoms with Crippen LogP contribution in [-0.2, 0) is 5.41 Å². The summed E-state index contributed by atoms with van der Waals surface area (Å²) in [4.78, 5) is 0. The average molecular weight is 488 g/mol. The molecule has 0 aliphatic carbocycles. The predicted molar refractivity (Wildman–Crippen MR) is 132 cm³/mol. The van der Waals surface area contributed by atoms with Crippen molar-refractivity contribution in [3.05, 3.63) is 101 Å². The summed E-state index contributed by atoms with van der Waals surface area (Å²) in [6.45, 7) is 7.81. The van der Waals surface area contributed by atoms with Crippen LogP contribution in [0.4, 0.5) is 5.69 Å². The van der Waals surface area contributed by atoms with E-state index in [4.69, 9.17) is 4.74 Å². The van der Waals surface area contributed by atoms with E-state index in [0.29, 0.717) is 0 Å². The van der Waals surface area contributed by atoms with Gasteiger partial charge in [0.05, 0.1) is 12.5 Å². The first kappa shape index (κ1) is 23.7. The Balaban J connectivity index is 0.00000289. The highest BCUT2D eigenvalue weighted by Crippen LogP contribution is 2.39. The van der Waals surface area contributed by atoms with Crippen molar-refractivity contribution in [3.8, 4) is 5.75 Å². The number of hydrogen-bond acceptors (Lipinski definition) is 1. The van der Waals surface area contributed by atoms with Gasteiger partial charge in [-0.05, 0) is 55.7 Å². The molecule has 0 saturated heterocycles. The highest BCUT2D eigenvalue weighted by molar-refractivity contribution is 6.05. The molecule has 0 bridgehead atoms. The molecule has 4 rings (SSSR count). The molecule has 164 valence electrons. The van der Waals surface area contributed by atoms with Gasteiger partial charge in [-0.1, -0.05) is 66.7 Å². The van der Waals surface area contributed by atoms with Gasteiger partial charge in [0.15, 0.2) is 5.71 Å². The van der Waals surface area contributed by atoms with Crippen LogP contribution in [0, 0.1) is 0 Å². The minimum absolute atomic E-state index is 0. The van der Waals surface area contributed by atoms with Crippen LogP contribution in [-0.4, -0.2) is 23.9 Å². The second kappa shape index (κ2) is 10.1. The van der Waals surface area contributed by atoms with E-state index in [9.17, 15) is 0 Å². The van der Waals surface area contributed by atoms with Crippen LogP contribution in [0.3, 0.4) is 0 Å². The maximum atomic E-state index is 5.21. The van der Waals surface area contributed by atoms with E-state index in [1.165, 1.54) is 28.1 Å². The van der Waals surface area contributed by atoms with Crippen LogP contribution >= 0.6 is 0 Å². The summed E-state index contributed by atoms with van der Waals surface area (Å²) in [5.74, 6) is 0.876. The van der Waals surface area contributed by atoms with Crippen molar-refractivity contribution in [1.29, 1.82) is 0 Å². The summed E-state index contributed by atoms with van der Waals surface area (Å²) in [6, 6.07) is 25.5. The maximum Gasteiger partial charge on any atom is 0.209 e. The third kappa shape index (κ3) is 4.78. The highest BCUT2D eigenvalue weighted by Gasteiger charge is 2.43. The summed E-state index contributed by atoms with van der Waals surface area (Å²) in [6.07, 6.45) is 8.77. The molecule has 32 heavy (non-hydrogen) atoms. The monoisotopic (exact) mass is 487 g/mol. The number of nitrogens with zero attached hydrogens (tertiary/aromatic N) is 1. The van der Waals surface area contributed by atoms with Gasteiger partial charge in [0.25, 0.3) is 0 Å². The van der Waals surface area contributed by atoms with E-state index >= 15 is 0 Å². The molecule has 3 aromatic carbocycles. The van der Waals surface area contributed by atoms with Crippen molar-refractivity contribution in [2.75, 3.05) is 13.7 Å². The Morgan fingerprint density at radius 1 is 0.750 bits per heavy atom. The van der Waals surface area contributed by atoms with Gasteiger partial charge in [-0.15, -0.1) is 0 Å². The summed E-state index contributed by atoms with van der Waals surface area (Å²) >= 11 is 0. The molecular formula is C29H30BrNO. The van der Waals surface area contributed by atoms with E-state index < -0.39 is 0 Å². The first-order valence-corrected chi connectivity index (χ1v) is 10.9. The predicted octanol–water partition coefficient (Wildman–Crippen LogP) is 3.98. The maximum absolute atomic E-state index is 5.21. The average Bonchev–Trinajstić information content (AvgIpc) is 3.03. The fraction of sp³-hybridized carbons (Fsp3) is 0.207. The molecule has 1 aliphatic rings. The van der Waals surface area contributed by atoms with Crippen LogP contribution < -0.4 is 21.7 Å². The fourth-order valence-electron chi connectivity index (χ4n) is 4.28. The zero-order chi connectivity index (χ0) is 21.8. The standard InChI is InChI=1S/C29H30NO.BrH/c1-5-30-27-9-7-6-8-26(27)29(2,3)28(30)21-18-23-13-10-22(11-14-23)12-15-24-16-19-25(31-4)20-17-24;/h6-21H,5H2,1-4H3;1H/q+1;/p-1/b15-12+,21-18+;. The quantitative estimate of drug-likeness (QED) is 0.378. The Kier molecular flexibility index (Phi) is 7.52. The van der Waals surface area contributed by atoms with Crippen LogP contribution in [0.15, 0.2) is 78.9 Å². The van der Waals surface area contributed by atoms with Gasteiger partial charge in [0.2, 0.25) is 5.69 Å². The third-order valence-electron chi connectivity index (χ3n) is 6.07. The second-order valence-electron chi connectivity index (χ2n) is 8.38. The number of hydrogen-bond donors (Lipinski definition) is 0. The van der Waals surface area contributed by atoms with Gasteiger partial charge in [-0.3, -0.25) is 0 Å². The second-order valence-corrected chi connectivity index (χ2v) is 8.38. The molecule has 2 nitrogen and oxygen atoms in total. The minimum Gasteiger partial charge on any atom is -1.00 e. The summed E-state index contributed by atoms with van der Waals surface area (Å²) < 4.78 is 7.64. The minimum atomic E-state index is 0. The third-order valence-corrected chi connectivity index (χ3v) is 6.07. The molecule has 1 heterocycles. The Bertz CT molecular complexity index is 1150. The van der Waals surface area contributed by atoms with Crippen LogP contribution in [0.1, 0.15) is 43.0 Å². The SMILES string of the molecule is CC[N+]1=C(/C=C/c2ccc(/C=C/c3ccc(OC)cc3)cc2)C(C)(C)c2ccccc21.[Br-]. The van der Waals surface area contributed by atoms with Crippen LogP contribution in [0.5, 0.6) is 5.75 Å². The highest BCUT2D eigenvalue weighted by atomic mass is 79.9. The number of fused-ring (bicyclic) bond motifs is 1. The number of para-hydroxylation sites is 1. The summed E-state index contributed by atoms with van der Waals surface area (Å²) in [7, 11) is 1.69. The number of halogens is 1. The Hall–Kier alpha value is -2.91. The van der Waals surface area contributed by atoms with Crippen molar-refractivity contribution in [1.82, 2.24) is 0 Å². The van der Waals surface area contributed by atoms with E-state index in [2.05, 4.69) is 110 Å². The zero-order valence-electron chi connectivity index (χ0n) is 19.2. The lowest BCUT2D eigenvalue weighted by Gasteiger charge is -2.15. The van der Waals surface area contributed by atoms with Gasteiger partial charge < -0.3 is 21.7 Å². The molecule has 0 N–H and O–H groups in total. The molecule has 0 saturated carbocycles. The molecule has 0 radical (unpaired) electrons. The normalized spacial score (nSPS) is 14.6. The largest absolute Gasteiger partial charge is 1.00 e. The van der Waals surface area contributed by atoms with E-state index in [1.54, 1.807) is 7.11 Å². The topological polar surface area (TPSA) is 12.2 Å². The van der Waals surface area contributed by atoms with E-state index in [-0.39, 0.29) is 22.4 Å². The van der Waals surface area contributed by atoms with Gasteiger partial charge in [-0.2, -0.15) is 4.58 Å². The number of ether oxygens (including phenoxy) is 1. The smallest absolute Gasteiger partial charge is 0.209 e. The number of rotatable bonds is 6. The van der Waals surface area contributed by atoms with Crippen molar-refractivity contribution in [3.63, 3.8) is 0 Å². The first-order valence-electron chi connectivity index (χ1n) is 10.9. The lowest BCUT2D eigenvalue weighted by atomic mass is 9.81. The number of allylic oxidation sites excluding steroid dienone is 1. The van der Waals surface area contributed by atoms with Crippen molar-refractivity contribution in [2.45, 2.75) is 26.2 Å². The summed E-state index contributed by atoms with van der Waals surface area (Å²) in [5, 5.41) is 0. The lowest BCUT2D eigenvalue weighted by Crippen LogP contribution is -3.00. The molecule has 0 spiro atoms. The summed E-state index contributed by atoms with van der Waals surface area (Å²) in [5.41, 5.74) is 7.62. The molecule has 0 atom stereocenters. The molecular weight excluding hydrogens is 458 g/mol. The van der Waals surface area contributed by atoms with E-state index in [1.807, 2.05) is 12.1 Å². The van der Waals surface area contributed by atoms with Crippen LogP contribution in [0.2, 0.25) is 0 Å². The Morgan fingerprint density at radius 2 is 1.25 bits per heavy atom. The van der Waals surface area contributed by atoms with E-state index in [0.717, 1.165) is 17.9 Å². The van der Waals surface area contributed by atoms with Crippen molar-refractivity contribution < 1.29 is 26.3 Å². The van der Waals surface area contributed by atoms with Crippen LogP contribution in [0.25, 0.3) is 18.2 Å². The van der Waals surface area contributed by atoms with Gasteiger partial charge in [-0.25, -0.2) is 0 Å². The van der Waals surface area contributed by atoms with Gasteiger partial charge >= 0.3 is 0 Å². The lowest BCUT2D eigenvalue weighted by molar-refractivity contribution is -0.433. The number of methoxy groups -OCH3 is 1. The molecule has 1 aliphatic heterocycles. The van der Waals surface area contributed by atoms with Crippen molar-refractivity contribution >= 4 is 29.6 Å². The Labute approximate surface area is 202 Å². The molecule has 3 aromatic rings. The van der Waals surface area contributed by atoms with Gasteiger partial charge in [0, 0.05) is 17.7 Å². The molecule has 3 heteroatoms. The van der Waals surface area contributed by atoms with Gasteiger partial charge in [0.1, 0.15) is 12.3 Å². The van der Waals surface area contributed by atoms with Crippen molar-refractivity contribution in [2.24, 2.45) is 0 Å². The zero-order valence-corrected chi connectivity index (χ0v) is 20.8. The fourth-order valence-corrected chi connectivity index (χ4v) is 4.28. The molecule has 0 aromatic heterocycles. The Morgan fingerprint density at radius 3 is 1.78 bits per heavy atom. The molecule has 0 fully saturated rings.